The van der Waals surface area contributed by atoms with E-state index in [4.69, 9.17) is 5.11 Å². The number of nitrogens with zero attached hydrogens (tertiary/aromatic N) is 2. The van der Waals surface area contributed by atoms with Crippen LogP contribution in [0.1, 0.15) is 10.5 Å². The molecule has 1 N–H and O–H groups in total. The maximum Gasteiger partial charge on any atom is 0.356 e. The molecule has 0 amide bonds. The molecule has 0 bridgehead atoms. The predicted octanol–water partition coefficient (Wildman–Crippen LogP) is 1.39. The molecule has 0 radical (unpaired) electrons. The van der Waals surface area contributed by atoms with Gasteiger partial charge in [0.25, 0.3) is 0 Å². The van der Waals surface area contributed by atoms with Gasteiger partial charge < -0.3 is 5.11 Å². The summed E-state index contributed by atoms with van der Waals surface area (Å²) in [6.45, 7) is 0. The van der Waals surface area contributed by atoms with Crippen molar-refractivity contribution in [3.05, 3.63) is 23.3 Å². The fourth-order valence-corrected chi connectivity index (χ4v) is 1.53. The first-order valence-corrected chi connectivity index (χ1v) is 4.09. The molecular weight excluding hydrogens is 176 g/mol. The van der Waals surface area contributed by atoms with E-state index in [1.54, 1.807) is 6.07 Å². The lowest BCUT2D eigenvalue weighted by Crippen LogP contribution is -2.00. The summed E-state index contributed by atoms with van der Waals surface area (Å²) in [5, 5.41) is 10.4. The van der Waals surface area contributed by atoms with E-state index in [1.165, 1.54) is 17.5 Å². The third-order valence-electron chi connectivity index (χ3n) is 1.39. The molecule has 2 aromatic heterocycles. The predicted molar refractivity (Wildman–Crippen MR) is 44.4 cm³/mol. The number of carbonyl (C=O) groups is 1. The van der Waals surface area contributed by atoms with Crippen LogP contribution >= 0.6 is 11.3 Å². The third kappa shape index (κ3) is 1.04. The summed E-state index contributed by atoms with van der Waals surface area (Å²) in [6, 6.07) is 1.75. The number of thiophene rings is 1. The lowest BCUT2D eigenvalue weighted by atomic mass is 10.4. The van der Waals surface area contributed by atoms with Crippen molar-refractivity contribution in [1.82, 2.24) is 9.97 Å². The Balaban J connectivity index is 2.68. The zero-order valence-corrected chi connectivity index (χ0v) is 6.71. The number of hydrogen-bond acceptors (Lipinski definition) is 4. The van der Waals surface area contributed by atoms with Crippen LogP contribution in [0.25, 0.3) is 10.3 Å². The quantitative estimate of drug-likeness (QED) is 0.720. The lowest BCUT2D eigenvalue weighted by Gasteiger charge is -1.91. The third-order valence-corrected chi connectivity index (χ3v) is 2.20. The second-order valence-corrected chi connectivity index (χ2v) is 3.07. The highest BCUT2D eigenvalue weighted by Gasteiger charge is 2.06. The van der Waals surface area contributed by atoms with E-state index >= 15 is 0 Å². The van der Waals surface area contributed by atoms with Gasteiger partial charge in [-0.25, -0.2) is 14.8 Å². The minimum atomic E-state index is -1.05. The molecule has 5 heteroatoms. The van der Waals surface area contributed by atoms with Crippen LogP contribution in [0.5, 0.6) is 0 Å². The molecule has 0 spiro atoms. The number of rotatable bonds is 1. The highest BCUT2D eigenvalue weighted by atomic mass is 32.1. The first kappa shape index (κ1) is 7.17. The van der Waals surface area contributed by atoms with Gasteiger partial charge in [-0.15, -0.1) is 11.3 Å². The normalized spacial score (nSPS) is 10.3. The Kier molecular flexibility index (Phi) is 1.51. The molecule has 2 rings (SSSR count). The van der Waals surface area contributed by atoms with E-state index in [1.807, 2.05) is 5.38 Å². The lowest BCUT2D eigenvalue weighted by molar-refractivity contribution is 0.0690. The van der Waals surface area contributed by atoms with Crippen molar-refractivity contribution in [1.29, 1.82) is 0 Å². The first-order chi connectivity index (χ1) is 5.77. The Morgan fingerprint density at radius 3 is 3.17 bits per heavy atom. The summed E-state index contributed by atoms with van der Waals surface area (Å²) in [5.41, 5.74) is 0.626. The van der Waals surface area contributed by atoms with Gasteiger partial charge in [-0.05, 0) is 11.4 Å². The molecule has 4 nitrogen and oxygen atoms in total. The van der Waals surface area contributed by atoms with Crippen LogP contribution in [-0.4, -0.2) is 21.0 Å². The van der Waals surface area contributed by atoms with Gasteiger partial charge in [0.05, 0.1) is 6.20 Å². The highest BCUT2D eigenvalue weighted by molar-refractivity contribution is 7.16. The molecular formula is C7H4N2O2S. The maximum atomic E-state index is 10.5. The zero-order chi connectivity index (χ0) is 8.55. The van der Waals surface area contributed by atoms with Gasteiger partial charge in [0.1, 0.15) is 10.3 Å². The van der Waals surface area contributed by atoms with Crippen molar-refractivity contribution in [2.45, 2.75) is 0 Å². The van der Waals surface area contributed by atoms with E-state index in [0.29, 0.717) is 5.52 Å². The molecule has 0 aliphatic rings. The molecule has 2 heterocycles. The molecule has 0 fully saturated rings. The average molecular weight is 180 g/mol. The Bertz CT molecular complexity index is 438. The molecule has 0 aliphatic carbocycles. The Labute approximate surface area is 71.5 Å². The SMILES string of the molecule is O=C(O)c1cnc2sccc2n1. The van der Waals surface area contributed by atoms with Gasteiger partial charge in [-0.3, -0.25) is 0 Å². The van der Waals surface area contributed by atoms with Crippen molar-refractivity contribution in [3.63, 3.8) is 0 Å². The Morgan fingerprint density at radius 1 is 1.58 bits per heavy atom. The average Bonchev–Trinajstić information content (AvgIpc) is 2.49. The summed E-state index contributed by atoms with van der Waals surface area (Å²) in [6.07, 6.45) is 1.27. The smallest absolute Gasteiger partial charge is 0.356 e. The second-order valence-electron chi connectivity index (χ2n) is 2.17. The molecule has 0 aromatic carbocycles. The van der Waals surface area contributed by atoms with Crippen LogP contribution in [0.2, 0.25) is 0 Å². The van der Waals surface area contributed by atoms with E-state index in [2.05, 4.69) is 9.97 Å². The molecule has 2 aromatic rings. The van der Waals surface area contributed by atoms with E-state index in [0.717, 1.165) is 4.83 Å². The topological polar surface area (TPSA) is 63.1 Å². The van der Waals surface area contributed by atoms with Crippen LogP contribution in [0.4, 0.5) is 0 Å². The largest absolute Gasteiger partial charge is 0.476 e. The standard InChI is InChI=1S/C7H4N2O2S/c10-7(11)5-3-8-6-4(9-5)1-2-12-6/h1-3H,(H,10,11). The summed E-state index contributed by atoms with van der Waals surface area (Å²) in [5.74, 6) is -1.05. The van der Waals surface area contributed by atoms with Crippen LogP contribution in [0.3, 0.4) is 0 Å². The minimum Gasteiger partial charge on any atom is -0.476 e. The Hall–Kier alpha value is -1.49. The van der Waals surface area contributed by atoms with Crippen molar-refractivity contribution in [2.24, 2.45) is 0 Å². The number of hydrogen-bond donors (Lipinski definition) is 1. The highest BCUT2D eigenvalue weighted by Crippen LogP contribution is 2.15. The summed E-state index contributed by atoms with van der Waals surface area (Å²) in [4.78, 5) is 19.1. The van der Waals surface area contributed by atoms with Gasteiger partial charge in [-0.1, -0.05) is 0 Å². The number of carboxylic acid groups (broad SMARTS) is 1. The molecule has 12 heavy (non-hydrogen) atoms. The number of aromatic nitrogens is 2. The van der Waals surface area contributed by atoms with Gasteiger partial charge in [0.15, 0.2) is 5.69 Å². The molecule has 0 saturated heterocycles. The zero-order valence-electron chi connectivity index (χ0n) is 5.89. The molecule has 0 atom stereocenters. The van der Waals surface area contributed by atoms with Crippen molar-refractivity contribution in [3.8, 4) is 0 Å². The summed E-state index contributed by atoms with van der Waals surface area (Å²) >= 11 is 1.44. The van der Waals surface area contributed by atoms with Crippen LogP contribution in [0.15, 0.2) is 17.6 Å². The van der Waals surface area contributed by atoms with Crippen molar-refractivity contribution in [2.75, 3.05) is 0 Å². The summed E-state index contributed by atoms with van der Waals surface area (Å²) in [7, 11) is 0. The van der Waals surface area contributed by atoms with Gasteiger partial charge in [-0.2, -0.15) is 0 Å². The number of aromatic carboxylic acids is 1. The summed E-state index contributed by atoms with van der Waals surface area (Å²) < 4.78 is 0. The van der Waals surface area contributed by atoms with Gasteiger partial charge >= 0.3 is 5.97 Å². The molecule has 60 valence electrons. The molecule has 0 saturated carbocycles. The van der Waals surface area contributed by atoms with Crippen LogP contribution in [-0.2, 0) is 0 Å². The number of fused-ring (bicyclic) bond motifs is 1. The van der Waals surface area contributed by atoms with E-state index in [9.17, 15) is 4.79 Å². The maximum absolute atomic E-state index is 10.5. The minimum absolute atomic E-state index is 0.0131. The van der Waals surface area contributed by atoms with E-state index in [-0.39, 0.29) is 5.69 Å². The van der Waals surface area contributed by atoms with Gasteiger partial charge in [0, 0.05) is 0 Å². The fourth-order valence-electron chi connectivity index (χ4n) is 0.858. The first-order valence-electron chi connectivity index (χ1n) is 3.21. The van der Waals surface area contributed by atoms with Crippen molar-refractivity contribution < 1.29 is 9.90 Å². The number of carboxylic acids is 1. The molecule has 0 aliphatic heterocycles. The molecule has 0 unspecified atom stereocenters. The van der Waals surface area contributed by atoms with Gasteiger partial charge in [0.2, 0.25) is 0 Å². The monoisotopic (exact) mass is 180 g/mol. The van der Waals surface area contributed by atoms with Crippen molar-refractivity contribution >= 4 is 27.7 Å². The second kappa shape index (κ2) is 2.53. The van der Waals surface area contributed by atoms with E-state index < -0.39 is 5.97 Å². The van der Waals surface area contributed by atoms with Crippen LogP contribution < -0.4 is 0 Å². The Morgan fingerprint density at radius 2 is 2.42 bits per heavy atom. The fraction of sp³-hybridized carbons (Fsp3) is 0. The van der Waals surface area contributed by atoms with Crippen LogP contribution in [0, 0.1) is 0 Å².